The molecule has 5 atom stereocenters. The molecule has 0 fully saturated rings. The van der Waals surface area contributed by atoms with E-state index in [1.165, 1.54) is 18.2 Å². The summed E-state index contributed by atoms with van der Waals surface area (Å²) in [5.74, 6) is -4.30. The van der Waals surface area contributed by atoms with Crippen molar-refractivity contribution in [1.82, 2.24) is 26.6 Å². The number of hydrogen-bond acceptors (Lipinski definition) is 9. The summed E-state index contributed by atoms with van der Waals surface area (Å²) in [4.78, 5) is 78.1. The van der Waals surface area contributed by atoms with Crippen LogP contribution < -0.4 is 38.1 Å². The predicted octanol–water partition coefficient (Wildman–Crippen LogP) is 0.734. The number of phenolic OH excluding ortho intramolecular Hbond substituents is 1. The summed E-state index contributed by atoms with van der Waals surface area (Å²) >= 11 is 0. The molecular formula is C35H57N7O8. The topological polar surface area (TPSA) is 255 Å². The van der Waals surface area contributed by atoms with E-state index in [2.05, 4.69) is 33.2 Å². The Bertz CT molecular complexity index is 1260. The fraction of sp³-hybridized carbons (Fsp3) is 0.600. The van der Waals surface area contributed by atoms with Crippen molar-refractivity contribution < 1.29 is 39.0 Å². The molecule has 5 amide bonds. The van der Waals surface area contributed by atoms with Crippen LogP contribution in [0.1, 0.15) is 84.1 Å². The number of hydrogen-bond donors (Lipinski definition) is 9. The van der Waals surface area contributed by atoms with Gasteiger partial charge in [0.05, 0.1) is 0 Å². The summed E-state index contributed by atoms with van der Waals surface area (Å²) in [5.41, 5.74) is 11.8. The third-order valence-electron chi connectivity index (χ3n) is 7.87. The highest BCUT2D eigenvalue weighted by Crippen LogP contribution is 2.13. The van der Waals surface area contributed by atoms with E-state index >= 15 is 0 Å². The Balaban J connectivity index is 3.27. The fourth-order valence-electron chi connectivity index (χ4n) is 5.08. The lowest BCUT2D eigenvalue weighted by Crippen LogP contribution is -2.59. The van der Waals surface area contributed by atoms with E-state index in [4.69, 9.17) is 11.5 Å². The first kappa shape index (κ1) is 43.5. The van der Waals surface area contributed by atoms with E-state index in [0.29, 0.717) is 50.8 Å². The number of aliphatic carboxylic acids is 1. The smallest absolute Gasteiger partial charge is 0.326 e. The molecule has 0 spiro atoms. The van der Waals surface area contributed by atoms with E-state index < -0.39 is 59.8 Å². The molecule has 280 valence electrons. The zero-order valence-electron chi connectivity index (χ0n) is 29.5. The van der Waals surface area contributed by atoms with Crippen LogP contribution in [0, 0.1) is 5.92 Å². The molecule has 0 aliphatic heterocycles. The van der Waals surface area contributed by atoms with E-state index in [9.17, 15) is 39.0 Å². The van der Waals surface area contributed by atoms with Crippen molar-refractivity contribution in [3.05, 3.63) is 42.5 Å². The van der Waals surface area contributed by atoms with Crippen molar-refractivity contribution >= 4 is 35.5 Å². The van der Waals surface area contributed by atoms with E-state index in [0.717, 1.165) is 0 Å². The minimum absolute atomic E-state index is 0.00171. The normalized spacial score (nSPS) is 14.0. The van der Waals surface area contributed by atoms with Crippen LogP contribution in [0.5, 0.6) is 5.75 Å². The lowest BCUT2D eigenvalue weighted by atomic mass is 10.0. The number of carboxylic acid groups (broad SMARTS) is 1. The number of phenols is 1. The zero-order chi connectivity index (χ0) is 37.6. The number of aromatic hydroxyl groups is 1. The molecule has 1 rings (SSSR count). The predicted molar refractivity (Wildman–Crippen MR) is 189 cm³/mol. The SMILES string of the molecule is C=CC[C@H](NC(=O)[C@H](CCCCN)NC(=O)[C@H](CCCCN)NC(=O)CC)C(=O)N[C@@H](Cc1ccc(O)cc1)C(=O)N[C@@H](CC(C)C)C(=O)O. The fourth-order valence-corrected chi connectivity index (χ4v) is 5.08. The van der Waals surface area contributed by atoms with E-state index in [1.54, 1.807) is 19.1 Å². The number of carbonyl (C=O) groups excluding carboxylic acids is 5. The average molecular weight is 704 g/mol. The number of benzene rings is 1. The van der Waals surface area contributed by atoms with Gasteiger partial charge in [0.25, 0.3) is 0 Å². The second-order valence-electron chi connectivity index (χ2n) is 12.6. The van der Waals surface area contributed by atoms with Crippen molar-refractivity contribution in [2.45, 2.75) is 115 Å². The molecule has 0 saturated heterocycles. The van der Waals surface area contributed by atoms with Crippen LogP contribution in [0.4, 0.5) is 0 Å². The summed E-state index contributed by atoms with van der Waals surface area (Å²) in [6.07, 6.45) is 4.46. The number of rotatable bonds is 25. The third-order valence-corrected chi connectivity index (χ3v) is 7.87. The Morgan fingerprint density at radius 3 is 1.66 bits per heavy atom. The molecule has 0 aromatic heterocycles. The van der Waals surface area contributed by atoms with Gasteiger partial charge >= 0.3 is 5.97 Å². The highest BCUT2D eigenvalue weighted by molar-refractivity contribution is 5.96. The molecular weight excluding hydrogens is 646 g/mol. The average Bonchev–Trinajstić information content (AvgIpc) is 3.07. The molecule has 0 aliphatic carbocycles. The van der Waals surface area contributed by atoms with Crippen LogP contribution in [0.15, 0.2) is 36.9 Å². The van der Waals surface area contributed by atoms with Gasteiger partial charge in [0, 0.05) is 12.8 Å². The Morgan fingerprint density at radius 2 is 1.18 bits per heavy atom. The summed E-state index contributed by atoms with van der Waals surface area (Å²) < 4.78 is 0. The molecule has 15 nitrogen and oxygen atoms in total. The lowest BCUT2D eigenvalue weighted by Gasteiger charge is -2.27. The lowest BCUT2D eigenvalue weighted by molar-refractivity contribution is -0.142. The number of unbranched alkanes of at least 4 members (excludes halogenated alkanes) is 2. The van der Waals surface area contributed by atoms with Crippen LogP contribution in [0.25, 0.3) is 0 Å². The second-order valence-corrected chi connectivity index (χ2v) is 12.6. The highest BCUT2D eigenvalue weighted by Gasteiger charge is 2.32. The molecule has 0 radical (unpaired) electrons. The van der Waals surface area contributed by atoms with Crippen molar-refractivity contribution in [3.8, 4) is 5.75 Å². The van der Waals surface area contributed by atoms with Crippen molar-refractivity contribution in [2.24, 2.45) is 17.4 Å². The van der Waals surface area contributed by atoms with Crippen LogP contribution in [0.2, 0.25) is 0 Å². The summed E-state index contributed by atoms with van der Waals surface area (Å²) in [6.45, 7) is 9.75. The van der Waals surface area contributed by atoms with Gasteiger partial charge in [-0.3, -0.25) is 24.0 Å². The van der Waals surface area contributed by atoms with Gasteiger partial charge < -0.3 is 48.3 Å². The molecule has 11 N–H and O–H groups in total. The van der Waals surface area contributed by atoms with Gasteiger partial charge in [-0.1, -0.05) is 39.0 Å². The molecule has 0 saturated carbocycles. The van der Waals surface area contributed by atoms with Crippen LogP contribution in [0.3, 0.4) is 0 Å². The number of carboxylic acids is 1. The van der Waals surface area contributed by atoms with Gasteiger partial charge in [-0.05, 0) is 88.1 Å². The van der Waals surface area contributed by atoms with Crippen molar-refractivity contribution in [3.63, 3.8) is 0 Å². The van der Waals surface area contributed by atoms with Gasteiger partial charge in [0.2, 0.25) is 29.5 Å². The second kappa shape index (κ2) is 23.8. The van der Waals surface area contributed by atoms with Crippen LogP contribution in [-0.2, 0) is 35.2 Å². The molecule has 0 aliphatic rings. The van der Waals surface area contributed by atoms with E-state index in [1.807, 2.05) is 13.8 Å². The van der Waals surface area contributed by atoms with Crippen LogP contribution in [-0.4, -0.2) is 89.0 Å². The number of nitrogens with one attached hydrogen (secondary N) is 5. The van der Waals surface area contributed by atoms with Crippen LogP contribution >= 0.6 is 0 Å². The Morgan fingerprint density at radius 1 is 0.720 bits per heavy atom. The standard InChI is InChI=1S/C35H57N7O8/c1-5-11-25(39-33(47)27(13-8-10-19-37)40-32(46)26(12-7-9-18-36)38-30(44)6-2)31(45)41-28(21-23-14-16-24(43)17-15-23)34(48)42-29(35(49)50)20-22(3)4/h5,14-17,22,25-29,43H,1,6-13,18-21,36-37H2,2-4H3,(H,38,44)(H,39,47)(H,40,46)(H,41,45)(H,42,48)(H,49,50)/t25-,26-,27-,28-,29-/m0/s1. The van der Waals surface area contributed by atoms with E-state index in [-0.39, 0.29) is 49.7 Å². The minimum atomic E-state index is -1.25. The molecule has 1 aromatic carbocycles. The van der Waals surface area contributed by atoms with Gasteiger partial charge in [-0.25, -0.2) is 4.79 Å². The van der Waals surface area contributed by atoms with Gasteiger partial charge in [-0.15, -0.1) is 6.58 Å². The van der Waals surface area contributed by atoms with Gasteiger partial charge in [0.1, 0.15) is 36.0 Å². The Hall–Kier alpha value is -4.50. The number of amides is 5. The molecule has 0 heterocycles. The van der Waals surface area contributed by atoms with Gasteiger partial charge in [-0.2, -0.15) is 0 Å². The van der Waals surface area contributed by atoms with Gasteiger partial charge in [0.15, 0.2) is 0 Å². The summed E-state index contributed by atoms with van der Waals surface area (Å²) in [7, 11) is 0. The zero-order valence-corrected chi connectivity index (χ0v) is 29.5. The van der Waals surface area contributed by atoms with Crippen molar-refractivity contribution in [2.75, 3.05) is 13.1 Å². The minimum Gasteiger partial charge on any atom is -0.508 e. The first-order chi connectivity index (χ1) is 23.8. The number of carbonyl (C=O) groups is 6. The molecule has 0 unspecified atom stereocenters. The third kappa shape index (κ3) is 16.7. The maximum atomic E-state index is 13.7. The molecule has 1 aromatic rings. The first-order valence-electron chi connectivity index (χ1n) is 17.3. The Labute approximate surface area is 294 Å². The highest BCUT2D eigenvalue weighted by atomic mass is 16.4. The maximum absolute atomic E-state index is 13.7. The molecule has 0 bridgehead atoms. The summed E-state index contributed by atoms with van der Waals surface area (Å²) in [6, 6.07) is 0.329. The monoisotopic (exact) mass is 703 g/mol. The first-order valence-corrected chi connectivity index (χ1v) is 17.3. The maximum Gasteiger partial charge on any atom is 0.326 e. The largest absolute Gasteiger partial charge is 0.508 e. The molecule has 50 heavy (non-hydrogen) atoms. The van der Waals surface area contributed by atoms with Crippen molar-refractivity contribution in [1.29, 1.82) is 0 Å². The number of nitrogens with two attached hydrogens (primary N) is 2. The molecule has 15 heteroatoms. The Kier molecular flexibility index (Phi) is 20.7. The quantitative estimate of drug-likeness (QED) is 0.0510. The summed E-state index contributed by atoms with van der Waals surface area (Å²) in [5, 5.41) is 32.6.